The molecule has 0 amide bonds. The third kappa shape index (κ3) is 3.15. The van der Waals surface area contributed by atoms with Crippen molar-refractivity contribution in [1.82, 2.24) is 4.57 Å². The van der Waals surface area contributed by atoms with Gasteiger partial charge in [-0.25, -0.2) is 4.79 Å². The summed E-state index contributed by atoms with van der Waals surface area (Å²) in [7, 11) is 0. The number of benzene rings is 1. The van der Waals surface area contributed by atoms with Crippen molar-refractivity contribution in [1.29, 1.82) is 0 Å². The lowest BCUT2D eigenvalue weighted by Gasteiger charge is -2.19. The van der Waals surface area contributed by atoms with E-state index in [4.69, 9.17) is 9.47 Å². The largest absolute Gasteiger partial charge is 0.486 e. The Kier molecular flexibility index (Phi) is 4.05. The van der Waals surface area contributed by atoms with Crippen LogP contribution in [0.25, 0.3) is 0 Å². The average Bonchev–Trinajstić information content (AvgIpc) is 2.86. The Balaban J connectivity index is 1.74. The van der Waals surface area contributed by atoms with Gasteiger partial charge in [0, 0.05) is 16.3 Å². The number of carboxylic acids is 1. The van der Waals surface area contributed by atoms with Gasteiger partial charge >= 0.3 is 5.97 Å². The number of ether oxygens (including phenoxy) is 2. The van der Waals surface area contributed by atoms with Crippen LogP contribution in [-0.2, 0) is 13.0 Å². The van der Waals surface area contributed by atoms with E-state index in [1.54, 1.807) is 10.6 Å². The summed E-state index contributed by atoms with van der Waals surface area (Å²) < 4.78 is 13.7. The van der Waals surface area contributed by atoms with E-state index in [2.05, 4.69) is 22.6 Å². The van der Waals surface area contributed by atoms with Crippen LogP contribution in [0.5, 0.6) is 11.5 Å². The molecular formula is C15H14INO4. The standard InChI is InChI=1S/C15H14INO4/c16-11-8-12(15(18)19)17(9-11)4-3-10-1-2-13-14(7-10)21-6-5-20-13/h1-2,7-9H,3-6H2,(H,18,19). The van der Waals surface area contributed by atoms with Crippen LogP contribution in [0.3, 0.4) is 0 Å². The normalized spacial score (nSPS) is 13.2. The second-order valence-electron chi connectivity index (χ2n) is 4.77. The van der Waals surface area contributed by atoms with Crippen molar-refractivity contribution in [3.8, 4) is 11.5 Å². The number of nitrogens with zero attached hydrogens (tertiary/aromatic N) is 1. The van der Waals surface area contributed by atoms with Crippen LogP contribution in [0.1, 0.15) is 16.1 Å². The Hall–Kier alpha value is -1.70. The molecule has 0 atom stereocenters. The van der Waals surface area contributed by atoms with Crippen LogP contribution >= 0.6 is 22.6 Å². The van der Waals surface area contributed by atoms with Crippen molar-refractivity contribution >= 4 is 28.6 Å². The zero-order valence-corrected chi connectivity index (χ0v) is 13.4. The summed E-state index contributed by atoms with van der Waals surface area (Å²) in [5, 5.41) is 9.17. The number of aromatic carboxylic acids is 1. The molecule has 2 heterocycles. The summed E-state index contributed by atoms with van der Waals surface area (Å²) in [5.74, 6) is 0.631. The van der Waals surface area contributed by atoms with Gasteiger partial charge in [-0.1, -0.05) is 6.07 Å². The first kappa shape index (κ1) is 14.2. The minimum absolute atomic E-state index is 0.317. The van der Waals surface area contributed by atoms with Crippen molar-refractivity contribution in [2.24, 2.45) is 0 Å². The highest BCUT2D eigenvalue weighted by Crippen LogP contribution is 2.31. The van der Waals surface area contributed by atoms with Crippen molar-refractivity contribution in [2.45, 2.75) is 13.0 Å². The predicted octanol–water partition coefficient (Wildman–Crippen LogP) is 2.80. The third-order valence-corrected chi connectivity index (χ3v) is 3.92. The average molecular weight is 399 g/mol. The van der Waals surface area contributed by atoms with Crippen molar-refractivity contribution in [3.05, 3.63) is 45.3 Å². The van der Waals surface area contributed by atoms with E-state index >= 15 is 0 Å². The van der Waals surface area contributed by atoms with E-state index in [0.29, 0.717) is 25.5 Å². The number of halogens is 1. The lowest BCUT2D eigenvalue weighted by atomic mass is 10.1. The number of aryl methyl sites for hydroxylation is 2. The second kappa shape index (κ2) is 5.97. The van der Waals surface area contributed by atoms with Gasteiger partial charge in [-0.15, -0.1) is 0 Å². The maximum Gasteiger partial charge on any atom is 0.352 e. The molecule has 110 valence electrons. The van der Waals surface area contributed by atoms with Gasteiger partial charge in [-0.3, -0.25) is 0 Å². The van der Waals surface area contributed by atoms with Crippen LogP contribution in [0.4, 0.5) is 0 Å². The van der Waals surface area contributed by atoms with E-state index < -0.39 is 5.97 Å². The Morgan fingerprint density at radius 2 is 2.00 bits per heavy atom. The first-order valence-electron chi connectivity index (χ1n) is 6.61. The first-order chi connectivity index (χ1) is 10.1. The lowest BCUT2D eigenvalue weighted by Crippen LogP contribution is -2.15. The fourth-order valence-electron chi connectivity index (χ4n) is 2.33. The van der Waals surface area contributed by atoms with Crippen LogP contribution in [0.2, 0.25) is 0 Å². The number of rotatable bonds is 4. The zero-order chi connectivity index (χ0) is 14.8. The number of carbonyl (C=O) groups is 1. The Labute approximate surface area is 135 Å². The number of hydrogen-bond donors (Lipinski definition) is 1. The molecule has 0 aliphatic carbocycles. The molecule has 3 rings (SSSR count). The molecule has 1 aromatic carbocycles. The summed E-state index contributed by atoms with van der Waals surface area (Å²) in [6.45, 7) is 1.76. The summed E-state index contributed by atoms with van der Waals surface area (Å²) in [4.78, 5) is 11.2. The Morgan fingerprint density at radius 1 is 1.24 bits per heavy atom. The molecule has 1 aromatic heterocycles. The van der Waals surface area contributed by atoms with E-state index in [1.165, 1.54) is 0 Å². The van der Waals surface area contributed by atoms with Gasteiger partial charge in [-0.05, 0) is 52.8 Å². The molecule has 2 aromatic rings. The molecule has 6 heteroatoms. The van der Waals surface area contributed by atoms with Gasteiger partial charge in [0.2, 0.25) is 0 Å². The second-order valence-corrected chi connectivity index (χ2v) is 6.02. The molecule has 1 N–H and O–H groups in total. The van der Waals surface area contributed by atoms with E-state index in [-0.39, 0.29) is 0 Å². The quantitative estimate of drug-likeness (QED) is 0.804. The Bertz CT molecular complexity index is 680. The maximum atomic E-state index is 11.2. The molecule has 0 radical (unpaired) electrons. The van der Waals surface area contributed by atoms with E-state index in [1.807, 2.05) is 24.4 Å². The number of fused-ring (bicyclic) bond motifs is 1. The van der Waals surface area contributed by atoms with Crippen molar-refractivity contribution in [3.63, 3.8) is 0 Å². The molecule has 0 spiro atoms. The summed E-state index contributed by atoms with van der Waals surface area (Å²) in [6.07, 6.45) is 2.59. The SMILES string of the molecule is O=C(O)c1cc(I)cn1CCc1ccc2c(c1)OCCO2. The summed E-state index contributed by atoms with van der Waals surface area (Å²) >= 11 is 2.12. The van der Waals surface area contributed by atoms with Crippen LogP contribution in [-0.4, -0.2) is 28.9 Å². The summed E-state index contributed by atoms with van der Waals surface area (Å²) in [5.41, 5.74) is 1.41. The molecular weight excluding hydrogens is 385 g/mol. The topological polar surface area (TPSA) is 60.7 Å². The maximum absolute atomic E-state index is 11.2. The molecule has 0 unspecified atom stereocenters. The minimum atomic E-state index is -0.903. The van der Waals surface area contributed by atoms with Gasteiger partial charge in [-0.2, -0.15) is 0 Å². The smallest absolute Gasteiger partial charge is 0.352 e. The molecule has 0 bridgehead atoms. The van der Waals surface area contributed by atoms with Gasteiger partial charge in [0.25, 0.3) is 0 Å². The van der Waals surface area contributed by atoms with Crippen LogP contribution < -0.4 is 9.47 Å². The van der Waals surface area contributed by atoms with Gasteiger partial charge < -0.3 is 19.1 Å². The van der Waals surface area contributed by atoms with Crippen LogP contribution in [0.15, 0.2) is 30.5 Å². The van der Waals surface area contributed by atoms with Gasteiger partial charge in [0.1, 0.15) is 18.9 Å². The highest BCUT2D eigenvalue weighted by atomic mass is 127. The predicted molar refractivity (Wildman–Crippen MR) is 85.2 cm³/mol. The minimum Gasteiger partial charge on any atom is -0.486 e. The van der Waals surface area contributed by atoms with Gasteiger partial charge in [0.15, 0.2) is 11.5 Å². The zero-order valence-electron chi connectivity index (χ0n) is 11.2. The number of carboxylic acid groups (broad SMARTS) is 1. The lowest BCUT2D eigenvalue weighted by molar-refractivity contribution is 0.0685. The molecule has 0 saturated carbocycles. The molecule has 0 saturated heterocycles. The third-order valence-electron chi connectivity index (χ3n) is 3.33. The monoisotopic (exact) mass is 399 g/mol. The number of aromatic nitrogens is 1. The highest BCUT2D eigenvalue weighted by Gasteiger charge is 2.13. The van der Waals surface area contributed by atoms with Crippen molar-refractivity contribution in [2.75, 3.05) is 13.2 Å². The summed E-state index contributed by atoms with van der Waals surface area (Å²) in [6, 6.07) is 7.53. The molecule has 5 nitrogen and oxygen atoms in total. The molecule has 1 aliphatic heterocycles. The fourth-order valence-corrected chi connectivity index (χ4v) is 2.96. The Morgan fingerprint density at radius 3 is 2.76 bits per heavy atom. The molecule has 1 aliphatic rings. The van der Waals surface area contributed by atoms with Crippen molar-refractivity contribution < 1.29 is 19.4 Å². The van der Waals surface area contributed by atoms with E-state index in [9.17, 15) is 9.90 Å². The molecule has 21 heavy (non-hydrogen) atoms. The highest BCUT2D eigenvalue weighted by molar-refractivity contribution is 14.1. The van der Waals surface area contributed by atoms with Gasteiger partial charge in [0.05, 0.1) is 0 Å². The number of hydrogen-bond acceptors (Lipinski definition) is 3. The first-order valence-corrected chi connectivity index (χ1v) is 7.69. The molecule has 0 fully saturated rings. The van der Waals surface area contributed by atoms with Crippen LogP contribution in [0, 0.1) is 3.57 Å². The van der Waals surface area contributed by atoms with E-state index in [0.717, 1.165) is 27.1 Å². The fraction of sp³-hybridized carbons (Fsp3) is 0.267.